The van der Waals surface area contributed by atoms with Crippen molar-refractivity contribution in [3.63, 3.8) is 0 Å². The summed E-state index contributed by atoms with van der Waals surface area (Å²) in [5, 5.41) is 0. The van der Waals surface area contributed by atoms with Crippen molar-refractivity contribution < 1.29 is 31.4 Å². The van der Waals surface area contributed by atoms with Crippen molar-refractivity contribution in [2.24, 2.45) is 0 Å². The first-order valence-corrected chi connectivity index (χ1v) is 4.34. The highest BCUT2D eigenvalue weighted by molar-refractivity contribution is 5.44. The van der Waals surface area contributed by atoms with Gasteiger partial charge in [0.1, 0.15) is 0 Å². The fourth-order valence-corrected chi connectivity index (χ4v) is 1.18. The third-order valence-electron chi connectivity index (χ3n) is 1.74. The Morgan fingerprint density at radius 2 is 1.88 bits per heavy atom. The summed E-state index contributed by atoms with van der Waals surface area (Å²) in [6.45, 7) is 1.35. The molecule has 1 heterocycles. The molecule has 0 saturated heterocycles. The van der Waals surface area contributed by atoms with E-state index in [9.17, 15) is 22.0 Å². The monoisotopic (exact) mass is 257 g/mol. The summed E-state index contributed by atoms with van der Waals surface area (Å²) in [6, 6.07) is 0.814. The quantitative estimate of drug-likeness (QED) is 0.779. The second-order valence-corrected chi connectivity index (χ2v) is 3.04. The molecule has 0 aliphatic heterocycles. The lowest BCUT2D eigenvalue weighted by Gasteiger charge is -2.15. The first kappa shape index (κ1) is 13.5. The summed E-state index contributed by atoms with van der Waals surface area (Å²) in [5.74, 6) is -1.74. The summed E-state index contributed by atoms with van der Waals surface area (Å²) < 4.78 is 69.3. The fraction of sp³-hybridized carbons (Fsp3) is 0.444. The second-order valence-electron chi connectivity index (χ2n) is 3.04. The Kier molecular flexibility index (Phi) is 3.74. The van der Waals surface area contributed by atoms with E-state index in [0.29, 0.717) is 0 Å². The van der Waals surface area contributed by atoms with Crippen molar-refractivity contribution in [1.29, 1.82) is 0 Å². The molecule has 0 amide bonds. The van der Waals surface area contributed by atoms with Gasteiger partial charge in [0.05, 0.1) is 12.7 Å². The molecule has 0 aliphatic carbocycles. The summed E-state index contributed by atoms with van der Waals surface area (Å²) in [4.78, 5) is 3.54. The molecule has 17 heavy (non-hydrogen) atoms. The molecule has 0 bridgehead atoms. The van der Waals surface area contributed by atoms with E-state index >= 15 is 0 Å². The van der Waals surface area contributed by atoms with Crippen LogP contribution in [0.5, 0.6) is 11.6 Å². The number of rotatable bonds is 3. The van der Waals surface area contributed by atoms with Crippen molar-refractivity contribution in [3.8, 4) is 11.6 Å². The molecule has 0 aliphatic rings. The Balaban J connectivity index is 3.32. The van der Waals surface area contributed by atoms with E-state index in [1.165, 1.54) is 6.92 Å². The Labute approximate surface area is 93.2 Å². The molecule has 8 heteroatoms. The predicted octanol–water partition coefficient (Wildman–Crippen LogP) is 3.23. The van der Waals surface area contributed by atoms with Crippen molar-refractivity contribution >= 4 is 0 Å². The van der Waals surface area contributed by atoms with Gasteiger partial charge in [0.15, 0.2) is 5.75 Å². The molecular weight excluding hydrogens is 249 g/mol. The number of halogens is 5. The van der Waals surface area contributed by atoms with E-state index in [-0.39, 0.29) is 5.69 Å². The van der Waals surface area contributed by atoms with Crippen LogP contribution < -0.4 is 9.47 Å². The van der Waals surface area contributed by atoms with E-state index in [1.54, 1.807) is 0 Å². The highest BCUT2D eigenvalue weighted by Gasteiger charge is 2.35. The number of aryl methyl sites for hydroxylation is 1. The van der Waals surface area contributed by atoms with E-state index in [2.05, 4.69) is 14.5 Å². The fourth-order valence-electron chi connectivity index (χ4n) is 1.18. The topological polar surface area (TPSA) is 31.4 Å². The molecule has 0 spiro atoms. The number of pyridine rings is 1. The highest BCUT2D eigenvalue weighted by Crippen LogP contribution is 2.39. The molecule has 96 valence electrons. The number of ether oxygens (including phenoxy) is 2. The minimum absolute atomic E-state index is 0.103. The van der Waals surface area contributed by atoms with Crippen molar-refractivity contribution in [3.05, 3.63) is 17.3 Å². The zero-order valence-electron chi connectivity index (χ0n) is 8.81. The lowest BCUT2D eigenvalue weighted by atomic mass is 10.2. The first-order valence-electron chi connectivity index (χ1n) is 4.34. The molecule has 1 rings (SSSR count). The van der Waals surface area contributed by atoms with Gasteiger partial charge in [-0.1, -0.05) is 0 Å². The summed E-state index contributed by atoms with van der Waals surface area (Å²) in [6.07, 6.45) is -8.21. The average Bonchev–Trinajstić information content (AvgIpc) is 2.17. The minimum atomic E-state index is -5.09. The van der Waals surface area contributed by atoms with E-state index < -0.39 is 30.0 Å². The zero-order chi connectivity index (χ0) is 13.2. The minimum Gasteiger partial charge on any atom is -0.478 e. The van der Waals surface area contributed by atoms with Gasteiger partial charge in [0.25, 0.3) is 12.3 Å². The van der Waals surface area contributed by atoms with Gasteiger partial charge >= 0.3 is 6.36 Å². The zero-order valence-corrected chi connectivity index (χ0v) is 8.81. The van der Waals surface area contributed by atoms with Crippen LogP contribution in [-0.2, 0) is 0 Å². The second kappa shape index (κ2) is 4.72. The number of hydrogen-bond acceptors (Lipinski definition) is 3. The Morgan fingerprint density at radius 3 is 2.29 bits per heavy atom. The Hall–Kier alpha value is -1.60. The summed E-state index contributed by atoms with van der Waals surface area (Å²) in [7, 11) is 1.01. The molecule has 1 aromatic heterocycles. The van der Waals surface area contributed by atoms with Crippen LogP contribution in [-0.4, -0.2) is 18.5 Å². The number of aromatic nitrogens is 1. The maximum Gasteiger partial charge on any atom is 0.573 e. The maximum atomic E-state index is 12.6. The maximum absolute atomic E-state index is 12.6. The number of hydrogen-bond donors (Lipinski definition) is 0. The predicted molar refractivity (Wildman–Crippen MR) is 47.2 cm³/mol. The van der Waals surface area contributed by atoms with Crippen LogP contribution in [0.1, 0.15) is 17.7 Å². The van der Waals surface area contributed by atoms with Crippen LogP contribution in [0, 0.1) is 6.92 Å². The smallest absolute Gasteiger partial charge is 0.478 e. The van der Waals surface area contributed by atoms with Crippen LogP contribution in [0.4, 0.5) is 22.0 Å². The number of methoxy groups -OCH3 is 1. The van der Waals surface area contributed by atoms with Gasteiger partial charge in [0, 0.05) is 5.69 Å². The lowest BCUT2D eigenvalue weighted by Crippen LogP contribution is -2.19. The molecule has 0 atom stereocenters. The standard InChI is InChI=1S/C9H8F5NO2/c1-4-3-5(7(10)11)6(8(15-4)16-2)17-9(12,13)14/h3,7H,1-2H3. The SMILES string of the molecule is COc1nc(C)cc(C(F)F)c1OC(F)(F)F. The van der Waals surface area contributed by atoms with Crippen LogP contribution in [0.15, 0.2) is 6.07 Å². The Bertz CT molecular complexity index is 405. The average molecular weight is 257 g/mol. The van der Waals surface area contributed by atoms with E-state index in [4.69, 9.17) is 0 Å². The summed E-state index contributed by atoms with van der Waals surface area (Å²) in [5.41, 5.74) is -0.807. The largest absolute Gasteiger partial charge is 0.573 e. The molecule has 0 N–H and O–H groups in total. The first-order chi connectivity index (χ1) is 7.74. The molecule has 1 aromatic rings. The molecule has 0 fully saturated rings. The van der Waals surface area contributed by atoms with E-state index in [1.807, 2.05) is 0 Å². The van der Waals surface area contributed by atoms with Crippen molar-refractivity contribution in [2.45, 2.75) is 19.7 Å². The van der Waals surface area contributed by atoms with Gasteiger partial charge in [-0.15, -0.1) is 13.2 Å². The van der Waals surface area contributed by atoms with Gasteiger partial charge in [0.2, 0.25) is 0 Å². The molecule has 0 unspecified atom stereocenters. The molecular formula is C9H8F5NO2. The van der Waals surface area contributed by atoms with Crippen LogP contribution in [0.25, 0.3) is 0 Å². The van der Waals surface area contributed by atoms with Gasteiger partial charge < -0.3 is 9.47 Å². The van der Waals surface area contributed by atoms with Crippen LogP contribution in [0.2, 0.25) is 0 Å². The third kappa shape index (κ3) is 3.43. The van der Waals surface area contributed by atoms with Crippen molar-refractivity contribution in [2.75, 3.05) is 7.11 Å². The van der Waals surface area contributed by atoms with Crippen LogP contribution in [0.3, 0.4) is 0 Å². The van der Waals surface area contributed by atoms with Crippen molar-refractivity contribution in [1.82, 2.24) is 4.98 Å². The molecule has 3 nitrogen and oxygen atoms in total. The van der Waals surface area contributed by atoms with Gasteiger partial charge in [-0.25, -0.2) is 13.8 Å². The lowest BCUT2D eigenvalue weighted by molar-refractivity contribution is -0.275. The van der Waals surface area contributed by atoms with Gasteiger partial charge in [-0.2, -0.15) is 0 Å². The molecule has 0 saturated carbocycles. The molecule has 0 radical (unpaired) electrons. The van der Waals surface area contributed by atoms with E-state index in [0.717, 1.165) is 13.2 Å². The normalized spacial score (nSPS) is 11.8. The van der Waals surface area contributed by atoms with Crippen LogP contribution >= 0.6 is 0 Å². The third-order valence-corrected chi connectivity index (χ3v) is 1.74. The summed E-state index contributed by atoms with van der Waals surface area (Å²) >= 11 is 0. The number of alkyl halides is 5. The Morgan fingerprint density at radius 1 is 1.29 bits per heavy atom. The number of nitrogens with zero attached hydrogens (tertiary/aromatic N) is 1. The molecule has 0 aromatic carbocycles. The van der Waals surface area contributed by atoms with Gasteiger partial charge in [-0.05, 0) is 13.0 Å². The highest BCUT2D eigenvalue weighted by atomic mass is 19.4. The van der Waals surface area contributed by atoms with Gasteiger partial charge in [-0.3, -0.25) is 0 Å².